The smallest absolute Gasteiger partial charge is 0.261 e. The number of furan rings is 1. The predicted molar refractivity (Wildman–Crippen MR) is 106 cm³/mol. The average Bonchev–Trinajstić information content (AvgIpc) is 3.40. The van der Waals surface area contributed by atoms with E-state index in [1.807, 2.05) is 0 Å². The van der Waals surface area contributed by atoms with Crippen molar-refractivity contribution in [2.75, 3.05) is 5.32 Å². The summed E-state index contributed by atoms with van der Waals surface area (Å²) in [6, 6.07) is 12.8. The van der Waals surface area contributed by atoms with Crippen LogP contribution >= 0.6 is 11.3 Å². The number of anilines is 1. The van der Waals surface area contributed by atoms with Crippen LogP contribution in [0.2, 0.25) is 0 Å². The van der Waals surface area contributed by atoms with E-state index < -0.39 is 11.9 Å². The predicted octanol–water partition coefficient (Wildman–Crippen LogP) is 3.03. The topological polar surface area (TPSA) is 100 Å². The normalized spacial score (nSPS) is 11.5. The van der Waals surface area contributed by atoms with Crippen molar-refractivity contribution in [3.8, 4) is 0 Å². The van der Waals surface area contributed by atoms with Crippen molar-refractivity contribution in [1.82, 2.24) is 10.6 Å². The number of thiophene rings is 1. The Bertz CT molecular complexity index is 952. The molecule has 0 bridgehead atoms. The minimum atomic E-state index is -0.770. The Hall–Kier alpha value is -3.39. The van der Waals surface area contributed by atoms with Gasteiger partial charge >= 0.3 is 0 Å². The third-order valence-electron chi connectivity index (χ3n) is 3.92. The fourth-order valence-electron chi connectivity index (χ4n) is 2.45. The third kappa shape index (κ3) is 4.86. The highest BCUT2D eigenvalue weighted by Gasteiger charge is 2.19. The molecule has 0 spiro atoms. The van der Waals surface area contributed by atoms with E-state index in [1.165, 1.54) is 17.6 Å². The Labute approximate surface area is 165 Å². The molecule has 3 aromatic rings. The van der Waals surface area contributed by atoms with Gasteiger partial charge in [0.25, 0.3) is 11.8 Å². The van der Waals surface area contributed by atoms with E-state index in [9.17, 15) is 14.4 Å². The lowest BCUT2D eigenvalue weighted by Gasteiger charge is -2.15. The van der Waals surface area contributed by atoms with Crippen molar-refractivity contribution >= 4 is 34.7 Å². The van der Waals surface area contributed by atoms with Crippen LogP contribution in [0.4, 0.5) is 5.69 Å². The fourth-order valence-corrected chi connectivity index (χ4v) is 3.07. The van der Waals surface area contributed by atoms with Gasteiger partial charge in [-0.05, 0) is 42.6 Å². The van der Waals surface area contributed by atoms with Gasteiger partial charge < -0.3 is 20.4 Å². The molecule has 3 amide bonds. The highest BCUT2D eigenvalue weighted by Crippen LogP contribution is 2.16. The zero-order valence-electron chi connectivity index (χ0n) is 15.1. The third-order valence-corrected chi connectivity index (χ3v) is 4.79. The van der Waals surface area contributed by atoms with Crippen molar-refractivity contribution in [3.63, 3.8) is 0 Å². The molecule has 2 heterocycles. The largest absolute Gasteiger partial charge is 0.467 e. The quantitative estimate of drug-likeness (QED) is 0.570. The molecule has 0 aliphatic rings. The number of carbonyl (C=O) groups excluding carboxylic acids is 3. The van der Waals surface area contributed by atoms with Gasteiger partial charge in [-0.25, -0.2) is 0 Å². The van der Waals surface area contributed by atoms with Gasteiger partial charge in [0.05, 0.1) is 28.9 Å². The maximum absolute atomic E-state index is 12.5. The number of benzene rings is 1. The number of hydrogen-bond acceptors (Lipinski definition) is 5. The van der Waals surface area contributed by atoms with Crippen LogP contribution in [-0.2, 0) is 11.3 Å². The first-order valence-electron chi connectivity index (χ1n) is 8.59. The summed E-state index contributed by atoms with van der Waals surface area (Å²) in [7, 11) is 0. The molecule has 0 saturated heterocycles. The molecule has 1 atom stereocenters. The Morgan fingerprint density at radius 2 is 1.86 bits per heavy atom. The summed E-state index contributed by atoms with van der Waals surface area (Å²) in [5.74, 6) is -0.458. The molecule has 28 heavy (non-hydrogen) atoms. The Balaban J connectivity index is 1.62. The molecule has 0 aliphatic carbocycles. The van der Waals surface area contributed by atoms with Gasteiger partial charge in [0, 0.05) is 0 Å². The van der Waals surface area contributed by atoms with Crippen LogP contribution in [-0.4, -0.2) is 23.8 Å². The highest BCUT2D eigenvalue weighted by atomic mass is 32.1. The second-order valence-corrected chi connectivity index (χ2v) is 6.92. The molecule has 0 saturated carbocycles. The molecule has 3 N–H and O–H groups in total. The molecular weight excluding hydrogens is 378 g/mol. The maximum atomic E-state index is 12.5. The summed E-state index contributed by atoms with van der Waals surface area (Å²) < 4.78 is 5.19. The molecule has 144 valence electrons. The first-order valence-corrected chi connectivity index (χ1v) is 9.47. The van der Waals surface area contributed by atoms with Crippen molar-refractivity contribution < 1.29 is 18.8 Å². The highest BCUT2D eigenvalue weighted by molar-refractivity contribution is 7.12. The van der Waals surface area contributed by atoms with E-state index in [0.29, 0.717) is 21.9 Å². The van der Waals surface area contributed by atoms with E-state index >= 15 is 0 Å². The van der Waals surface area contributed by atoms with Gasteiger partial charge in [0.15, 0.2) is 0 Å². The molecular formula is C20H19N3O4S. The van der Waals surface area contributed by atoms with Gasteiger partial charge in [-0.2, -0.15) is 0 Å². The standard InChI is InChI=1S/C20H19N3O4S/c1-13(22-20(26)17-9-5-11-28-17)18(24)23-16-8-3-2-7-15(16)19(25)21-12-14-6-4-10-27-14/h2-11,13H,12H2,1H3,(H,21,25)(H,22,26)(H,23,24). The number of hydrogen-bond donors (Lipinski definition) is 3. The lowest BCUT2D eigenvalue weighted by Crippen LogP contribution is -2.41. The van der Waals surface area contributed by atoms with Crippen LogP contribution in [0.5, 0.6) is 0 Å². The molecule has 0 radical (unpaired) electrons. The molecule has 8 heteroatoms. The molecule has 3 rings (SSSR count). The van der Waals surface area contributed by atoms with Gasteiger partial charge in [0.2, 0.25) is 5.91 Å². The lowest BCUT2D eigenvalue weighted by molar-refractivity contribution is -0.117. The van der Waals surface area contributed by atoms with Gasteiger partial charge in [0.1, 0.15) is 11.8 Å². The molecule has 0 fully saturated rings. The summed E-state index contributed by atoms with van der Waals surface area (Å²) in [4.78, 5) is 37.6. The summed E-state index contributed by atoms with van der Waals surface area (Å²) >= 11 is 1.30. The number of para-hydroxylation sites is 1. The van der Waals surface area contributed by atoms with E-state index in [0.717, 1.165) is 0 Å². The zero-order valence-corrected chi connectivity index (χ0v) is 15.9. The lowest BCUT2D eigenvalue weighted by atomic mass is 10.1. The Morgan fingerprint density at radius 1 is 1.04 bits per heavy atom. The SMILES string of the molecule is CC(NC(=O)c1cccs1)C(=O)Nc1ccccc1C(=O)NCc1ccco1. The number of rotatable bonds is 7. The van der Waals surface area contributed by atoms with Gasteiger partial charge in [-0.3, -0.25) is 14.4 Å². The van der Waals surface area contributed by atoms with E-state index in [-0.39, 0.29) is 18.4 Å². The minimum Gasteiger partial charge on any atom is -0.467 e. The van der Waals surface area contributed by atoms with Crippen LogP contribution < -0.4 is 16.0 Å². The molecule has 0 aliphatic heterocycles. The summed E-state index contributed by atoms with van der Waals surface area (Å²) in [6.45, 7) is 1.82. The Morgan fingerprint density at radius 3 is 2.57 bits per heavy atom. The minimum absolute atomic E-state index is 0.237. The summed E-state index contributed by atoms with van der Waals surface area (Å²) in [6.07, 6.45) is 1.53. The number of carbonyl (C=O) groups is 3. The number of nitrogens with one attached hydrogen (secondary N) is 3. The van der Waals surface area contributed by atoms with E-state index in [4.69, 9.17) is 4.42 Å². The van der Waals surface area contributed by atoms with Crippen molar-refractivity contribution in [1.29, 1.82) is 0 Å². The summed E-state index contributed by atoms with van der Waals surface area (Å²) in [5, 5.41) is 9.87. The van der Waals surface area contributed by atoms with Crippen molar-refractivity contribution in [2.45, 2.75) is 19.5 Å². The zero-order chi connectivity index (χ0) is 19.9. The van der Waals surface area contributed by atoms with Crippen LogP contribution in [0, 0.1) is 0 Å². The van der Waals surface area contributed by atoms with Crippen molar-refractivity contribution in [2.24, 2.45) is 0 Å². The van der Waals surface area contributed by atoms with Crippen LogP contribution in [0.1, 0.15) is 32.7 Å². The molecule has 2 aromatic heterocycles. The fraction of sp³-hybridized carbons (Fsp3) is 0.150. The molecule has 1 unspecified atom stereocenters. The first kappa shape index (κ1) is 19.4. The van der Waals surface area contributed by atoms with Crippen LogP contribution in [0.3, 0.4) is 0 Å². The van der Waals surface area contributed by atoms with Crippen LogP contribution in [0.15, 0.2) is 64.6 Å². The second kappa shape index (κ2) is 9.01. The van der Waals surface area contributed by atoms with Crippen molar-refractivity contribution in [3.05, 3.63) is 76.4 Å². The van der Waals surface area contributed by atoms with E-state index in [1.54, 1.807) is 60.8 Å². The monoisotopic (exact) mass is 397 g/mol. The maximum Gasteiger partial charge on any atom is 0.261 e. The summed E-state index contributed by atoms with van der Waals surface area (Å²) in [5.41, 5.74) is 0.681. The Kier molecular flexibility index (Phi) is 6.23. The first-order chi connectivity index (χ1) is 13.5. The average molecular weight is 397 g/mol. The van der Waals surface area contributed by atoms with Gasteiger partial charge in [-0.1, -0.05) is 18.2 Å². The molecule has 1 aromatic carbocycles. The number of amides is 3. The van der Waals surface area contributed by atoms with Crippen LogP contribution in [0.25, 0.3) is 0 Å². The second-order valence-electron chi connectivity index (χ2n) is 5.97. The van der Waals surface area contributed by atoms with Gasteiger partial charge in [-0.15, -0.1) is 11.3 Å². The molecule has 7 nitrogen and oxygen atoms in total. The van der Waals surface area contributed by atoms with E-state index in [2.05, 4.69) is 16.0 Å².